The van der Waals surface area contributed by atoms with E-state index in [9.17, 15) is 19.7 Å². The maximum Gasteiger partial charge on any atom is 0.371 e. The molecule has 1 amide bonds. The molecule has 9 heteroatoms. The van der Waals surface area contributed by atoms with Crippen LogP contribution in [0.5, 0.6) is 5.19 Å². The van der Waals surface area contributed by atoms with E-state index in [0.717, 1.165) is 0 Å². The Balaban J connectivity index is 2.24. The molecule has 2 rings (SSSR count). The first-order valence-corrected chi connectivity index (χ1v) is 7.05. The van der Waals surface area contributed by atoms with Crippen molar-refractivity contribution in [1.82, 2.24) is 4.98 Å². The van der Waals surface area contributed by atoms with Gasteiger partial charge >= 0.3 is 11.0 Å². The number of rotatable bonds is 5. The lowest BCUT2D eigenvalue weighted by atomic mass is 10.2. The van der Waals surface area contributed by atoms with E-state index in [0.29, 0.717) is 16.9 Å². The average Bonchev–Trinajstić information content (AvgIpc) is 2.90. The summed E-state index contributed by atoms with van der Waals surface area (Å²) >= 11 is 0.581. The van der Waals surface area contributed by atoms with E-state index in [1.807, 2.05) is 0 Å². The van der Waals surface area contributed by atoms with Gasteiger partial charge in [0.05, 0.1) is 4.92 Å². The summed E-state index contributed by atoms with van der Waals surface area (Å²) < 4.78 is 4.84. The molecule has 0 aliphatic carbocycles. The second-order valence-electron chi connectivity index (χ2n) is 4.04. The van der Waals surface area contributed by atoms with Crippen LogP contribution in [-0.4, -0.2) is 21.8 Å². The number of nitro groups is 1. The zero-order valence-corrected chi connectivity index (χ0v) is 12.3. The van der Waals surface area contributed by atoms with Gasteiger partial charge in [0.1, 0.15) is 0 Å². The van der Waals surface area contributed by atoms with Crippen molar-refractivity contribution in [1.29, 1.82) is 0 Å². The molecule has 0 fully saturated rings. The minimum Gasteiger partial charge on any atom is -0.398 e. The van der Waals surface area contributed by atoms with E-state index in [1.165, 1.54) is 0 Å². The number of hydrogen-bond acceptors (Lipinski definition) is 7. The molecule has 1 heterocycles. The Labute approximate surface area is 128 Å². The number of amides is 1. The maximum atomic E-state index is 12.0. The summed E-state index contributed by atoms with van der Waals surface area (Å²) in [6.07, 6.45) is 0.110. The minimum absolute atomic E-state index is 0.110. The van der Waals surface area contributed by atoms with Gasteiger partial charge in [-0.25, -0.2) is 0 Å². The molecule has 0 radical (unpaired) electrons. The number of carbonyl (C=O) groups excluding carboxylic acids is 2. The molecule has 0 bridgehead atoms. The van der Waals surface area contributed by atoms with Gasteiger partial charge in [-0.05, 0) is 23.5 Å². The van der Waals surface area contributed by atoms with Crippen LogP contribution in [0.25, 0.3) is 0 Å². The Morgan fingerprint density at radius 2 is 2.05 bits per heavy atom. The lowest BCUT2D eigenvalue weighted by Gasteiger charge is -2.01. The fraction of sp³-hybridized carbons (Fsp3) is 0.154. The fourth-order valence-corrected chi connectivity index (χ4v) is 2.19. The average molecular weight is 321 g/mol. The van der Waals surface area contributed by atoms with Gasteiger partial charge in [0.15, 0.2) is 0 Å². The third-order valence-corrected chi connectivity index (χ3v) is 3.40. The molecular weight excluding hydrogens is 310 g/mol. The standard InChI is InChI=1S/C13H11N3O5S/c1-2-9(17)21-13-15-10(12(22-13)16(19)20)14-11(18)8-6-4-3-5-7-8/h3-7H,2H2,1H3,(H,14,18). The van der Waals surface area contributed by atoms with Crippen LogP contribution < -0.4 is 10.1 Å². The summed E-state index contributed by atoms with van der Waals surface area (Å²) in [5.74, 6) is -1.35. The van der Waals surface area contributed by atoms with Crippen molar-refractivity contribution in [3.63, 3.8) is 0 Å². The number of aromatic nitrogens is 1. The highest BCUT2D eigenvalue weighted by Gasteiger charge is 2.25. The molecule has 8 nitrogen and oxygen atoms in total. The highest BCUT2D eigenvalue weighted by Crippen LogP contribution is 2.36. The molecule has 1 N–H and O–H groups in total. The molecule has 0 aliphatic rings. The Morgan fingerprint density at radius 3 is 2.64 bits per heavy atom. The molecule has 0 spiro atoms. The molecule has 1 aromatic heterocycles. The minimum atomic E-state index is -0.693. The Morgan fingerprint density at radius 1 is 1.36 bits per heavy atom. The van der Waals surface area contributed by atoms with Crippen molar-refractivity contribution in [2.24, 2.45) is 0 Å². The first kappa shape index (κ1) is 15.6. The van der Waals surface area contributed by atoms with Crippen molar-refractivity contribution in [3.8, 4) is 5.19 Å². The topological polar surface area (TPSA) is 111 Å². The van der Waals surface area contributed by atoms with Gasteiger partial charge in [0, 0.05) is 12.0 Å². The summed E-state index contributed by atoms with van der Waals surface area (Å²) in [4.78, 5) is 37.3. The Bertz CT molecular complexity index is 714. The number of thiazole rings is 1. The van der Waals surface area contributed by atoms with Crippen LogP contribution in [0.3, 0.4) is 0 Å². The Hall–Kier alpha value is -2.81. The molecule has 114 valence electrons. The summed E-state index contributed by atoms with van der Waals surface area (Å²) in [5.41, 5.74) is 0.330. The summed E-state index contributed by atoms with van der Waals surface area (Å²) in [5, 5.41) is 12.8. The highest BCUT2D eigenvalue weighted by molar-refractivity contribution is 7.17. The molecule has 0 saturated carbocycles. The van der Waals surface area contributed by atoms with Crippen LogP contribution in [0.4, 0.5) is 10.8 Å². The zero-order valence-electron chi connectivity index (χ0n) is 11.4. The molecule has 0 aliphatic heterocycles. The largest absolute Gasteiger partial charge is 0.398 e. The van der Waals surface area contributed by atoms with Crippen LogP contribution >= 0.6 is 11.3 Å². The van der Waals surface area contributed by atoms with Crippen LogP contribution in [0.1, 0.15) is 23.7 Å². The summed E-state index contributed by atoms with van der Waals surface area (Å²) in [7, 11) is 0. The van der Waals surface area contributed by atoms with E-state index < -0.39 is 21.8 Å². The third-order valence-electron chi connectivity index (χ3n) is 2.51. The molecule has 22 heavy (non-hydrogen) atoms. The number of nitrogens with zero attached hydrogens (tertiary/aromatic N) is 2. The third kappa shape index (κ3) is 3.64. The lowest BCUT2D eigenvalue weighted by Crippen LogP contribution is -2.13. The number of hydrogen-bond donors (Lipinski definition) is 1. The van der Waals surface area contributed by atoms with Gasteiger partial charge in [-0.2, -0.15) is 4.98 Å². The fourth-order valence-electron chi connectivity index (χ4n) is 1.48. The van der Waals surface area contributed by atoms with E-state index >= 15 is 0 Å². The van der Waals surface area contributed by atoms with Gasteiger partial charge < -0.3 is 4.74 Å². The number of nitrogens with one attached hydrogen (secondary N) is 1. The van der Waals surface area contributed by atoms with Gasteiger partial charge in [-0.15, -0.1) is 0 Å². The second kappa shape index (κ2) is 6.76. The van der Waals surface area contributed by atoms with Crippen LogP contribution in [-0.2, 0) is 4.79 Å². The van der Waals surface area contributed by atoms with Crippen molar-refractivity contribution >= 4 is 34.0 Å². The van der Waals surface area contributed by atoms with E-state index in [2.05, 4.69) is 10.3 Å². The molecular formula is C13H11N3O5S. The lowest BCUT2D eigenvalue weighted by molar-refractivity contribution is -0.379. The van der Waals surface area contributed by atoms with Crippen molar-refractivity contribution < 1.29 is 19.2 Å². The number of carbonyl (C=O) groups is 2. The summed E-state index contributed by atoms with van der Waals surface area (Å²) in [6.45, 7) is 1.59. The van der Waals surface area contributed by atoms with Gasteiger partial charge in [0.25, 0.3) is 11.1 Å². The number of benzene rings is 1. The van der Waals surface area contributed by atoms with Crippen LogP contribution in [0.2, 0.25) is 0 Å². The maximum absolute atomic E-state index is 12.0. The number of ether oxygens (including phenoxy) is 1. The molecule has 0 saturated heterocycles. The first-order valence-electron chi connectivity index (χ1n) is 6.23. The SMILES string of the molecule is CCC(=O)Oc1nc(NC(=O)c2ccccc2)c([N+](=O)[O-])s1. The predicted octanol–water partition coefficient (Wildman–Crippen LogP) is 2.62. The number of anilines is 1. The summed E-state index contributed by atoms with van der Waals surface area (Å²) in [6, 6.07) is 8.19. The second-order valence-corrected chi connectivity index (χ2v) is 4.98. The molecule has 1 aromatic carbocycles. The van der Waals surface area contributed by atoms with Crippen LogP contribution in [0.15, 0.2) is 30.3 Å². The van der Waals surface area contributed by atoms with Crippen LogP contribution in [0, 0.1) is 10.1 Å². The first-order chi connectivity index (χ1) is 10.5. The molecule has 2 aromatic rings. The highest BCUT2D eigenvalue weighted by atomic mass is 32.1. The quantitative estimate of drug-likeness (QED) is 0.514. The molecule has 0 unspecified atom stereocenters. The predicted molar refractivity (Wildman–Crippen MR) is 79.1 cm³/mol. The van der Waals surface area contributed by atoms with Gasteiger partial charge in [-0.1, -0.05) is 25.1 Å². The van der Waals surface area contributed by atoms with Crippen molar-refractivity contribution in [2.45, 2.75) is 13.3 Å². The zero-order chi connectivity index (χ0) is 16.1. The molecule has 0 atom stereocenters. The van der Waals surface area contributed by atoms with E-state index in [-0.39, 0.29) is 17.4 Å². The van der Waals surface area contributed by atoms with Crippen molar-refractivity contribution in [2.75, 3.05) is 5.32 Å². The Kier molecular flexibility index (Phi) is 4.79. The van der Waals surface area contributed by atoms with E-state index in [1.54, 1.807) is 37.3 Å². The van der Waals surface area contributed by atoms with E-state index in [4.69, 9.17) is 4.74 Å². The van der Waals surface area contributed by atoms with Gasteiger partial charge in [-0.3, -0.25) is 25.0 Å². The van der Waals surface area contributed by atoms with Crippen molar-refractivity contribution in [3.05, 3.63) is 46.0 Å². The van der Waals surface area contributed by atoms with Gasteiger partial charge in [0.2, 0.25) is 5.82 Å². The monoisotopic (exact) mass is 321 g/mol. The smallest absolute Gasteiger partial charge is 0.371 e. The normalized spacial score (nSPS) is 10.0. The number of esters is 1.